The number of carbonyl (C=O) groups is 1. The van der Waals surface area contributed by atoms with E-state index in [9.17, 15) is 9.90 Å². The minimum absolute atomic E-state index is 0.139. The predicted octanol–water partition coefficient (Wildman–Crippen LogP) is 1.66. The molecule has 0 aliphatic heterocycles. The number of para-hydroxylation sites is 1. The molecule has 16 heavy (non-hydrogen) atoms. The number of hydrogen-bond acceptors (Lipinski definition) is 3. The highest BCUT2D eigenvalue weighted by Crippen LogP contribution is 2.21. The summed E-state index contributed by atoms with van der Waals surface area (Å²) in [6, 6.07) is 7.26. The molecule has 0 bridgehead atoms. The Morgan fingerprint density at radius 2 is 2.25 bits per heavy atom. The molecule has 0 unspecified atom stereocenters. The Morgan fingerprint density at radius 3 is 3.06 bits per heavy atom. The van der Waals surface area contributed by atoms with E-state index in [1.54, 1.807) is 12.1 Å². The topological polar surface area (TPSA) is 62.2 Å². The third-order valence-corrected chi connectivity index (χ3v) is 2.15. The lowest BCUT2D eigenvalue weighted by Gasteiger charge is -2.01. The van der Waals surface area contributed by atoms with Crippen molar-refractivity contribution < 1.29 is 9.90 Å². The fraction of sp³-hybridized carbons (Fsp3) is 0. The number of nitrogens with zero attached hydrogens (tertiary/aromatic N) is 1. The molecule has 1 aromatic carbocycles. The Kier molecular flexibility index (Phi) is 2.82. The highest BCUT2D eigenvalue weighted by molar-refractivity contribution is 5.87. The number of amides is 1. The number of hydrogen-bond donors (Lipinski definition) is 2. The summed E-state index contributed by atoms with van der Waals surface area (Å²) in [6.45, 7) is 0. The van der Waals surface area contributed by atoms with Gasteiger partial charge in [0.25, 0.3) is 0 Å². The molecule has 4 heteroatoms. The molecular formula is C12H10N2O2. The smallest absolute Gasteiger partial charge is 0.211 e. The largest absolute Gasteiger partial charge is 0.506 e. The molecule has 2 aromatic rings. The maximum absolute atomic E-state index is 10.1. The van der Waals surface area contributed by atoms with E-state index in [2.05, 4.69) is 10.3 Å². The van der Waals surface area contributed by atoms with Gasteiger partial charge in [0.15, 0.2) is 0 Å². The van der Waals surface area contributed by atoms with Gasteiger partial charge in [-0.1, -0.05) is 18.2 Å². The van der Waals surface area contributed by atoms with Crippen molar-refractivity contribution in [3.8, 4) is 5.75 Å². The molecule has 0 aliphatic carbocycles. The number of rotatable bonds is 3. The third kappa shape index (κ3) is 2.00. The number of nitrogens with one attached hydrogen (secondary N) is 1. The van der Waals surface area contributed by atoms with Crippen LogP contribution in [0.3, 0.4) is 0 Å². The minimum atomic E-state index is 0.139. The van der Waals surface area contributed by atoms with Crippen LogP contribution in [0.5, 0.6) is 5.75 Å². The molecule has 0 saturated carbocycles. The quantitative estimate of drug-likeness (QED) is 0.764. The van der Waals surface area contributed by atoms with Crippen LogP contribution in [0.4, 0.5) is 0 Å². The number of carbonyl (C=O) groups excluding carboxylic acids is 1. The molecule has 0 atom stereocenters. The number of aromatic hydroxyl groups is 1. The maximum Gasteiger partial charge on any atom is 0.211 e. The van der Waals surface area contributed by atoms with Gasteiger partial charge in [0.1, 0.15) is 5.75 Å². The second-order valence-electron chi connectivity index (χ2n) is 3.23. The lowest BCUT2D eigenvalue weighted by Crippen LogP contribution is -1.98. The van der Waals surface area contributed by atoms with Gasteiger partial charge in [0.2, 0.25) is 6.41 Å². The van der Waals surface area contributed by atoms with Gasteiger partial charge in [0.05, 0.1) is 11.7 Å². The van der Waals surface area contributed by atoms with Crippen molar-refractivity contribution in [2.45, 2.75) is 0 Å². The number of benzene rings is 1. The number of fused-ring (bicyclic) bond motifs is 1. The summed E-state index contributed by atoms with van der Waals surface area (Å²) in [4.78, 5) is 14.2. The van der Waals surface area contributed by atoms with Crippen molar-refractivity contribution >= 4 is 23.4 Å². The van der Waals surface area contributed by atoms with Crippen molar-refractivity contribution in [2.24, 2.45) is 0 Å². The van der Waals surface area contributed by atoms with Gasteiger partial charge in [-0.15, -0.1) is 0 Å². The Bertz CT molecular complexity index is 550. The summed E-state index contributed by atoms with van der Waals surface area (Å²) in [5, 5.41) is 12.6. The molecule has 1 heterocycles. The van der Waals surface area contributed by atoms with Crippen molar-refractivity contribution in [2.75, 3.05) is 0 Å². The van der Waals surface area contributed by atoms with Crippen LogP contribution in [0, 0.1) is 0 Å². The van der Waals surface area contributed by atoms with Gasteiger partial charge in [-0.2, -0.15) is 0 Å². The monoisotopic (exact) mass is 214 g/mol. The first-order valence-corrected chi connectivity index (χ1v) is 4.75. The highest BCUT2D eigenvalue weighted by Gasteiger charge is 1.99. The van der Waals surface area contributed by atoms with E-state index in [0.29, 0.717) is 6.41 Å². The number of pyridine rings is 1. The van der Waals surface area contributed by atoms with Crippen LogP contribution in [-0.4, -0.2) is 16.5 Å². The van der Waals surface area contributed by atoms with Crippen LogP contribution in [0.25, 0.3) is 17.0 Å². The SMILES string of the molecule is O=CNC=Cc1cccc2cc(O)cnc12. The fourth-order valence-electron chi connectivity index (χ4n) is 1.48. The molecule has 0 fully saturated rings. The van der Waals surface area contributed by atoms with Gasteiger partial charge in [0, 0.05) is 17.1 Å². The molecule has 0 spiro atoms. The van der Waals surface area contributed by atoms with Crippen molar-refractivity contribution in [3.63, 3.8) is 0 Å². The van der Waals surface area contributed by atoms with E-state index in [4.69, 9.17) is 0 Å². The summed E-state index contributed by atoms with van der Waals surface area (Å²) in [5.74, 6) is 0.139. The molecule has 0 saturated heterocycles. The van der Waals surface area contributed by atoms with E-state index < -0.39 is 0 Å². The normalized spacial score (nSPS) is 10.8. The van der Waals surface area contributed by atoms with Gasteiger partial charge in [-0.3, -0.25) is 9.78 Å². The van der Waals surface area contributed by atoms with E-state index in [1.807, 2.05) is 18.2 Å². The summed E-state index contributed by atoms with van der Waals surface area (Å²) < 4.78 is 0. The summed E-state index contributed by atoms with van der Waals surface area (Å²) >= 11 is 0. The van der Waals surface area contributed by atoms with Gasteiger partial charge in [-0.25, -0.2) is 0 Å². The Hall–Kier alpha value is -2.36. The molecular weight excluding hydrogens is 204 g/mol. The zero-order valence-corrected chi connectivity index (χ0v) is 8.42. The summed E-state index contributed by atoms with van der Waals surface area (Å²) in [7, 11) is 0. The summed E-state index contributed by atoms with van der Waals surface area (Å²) in [6.07, 6.45) is 5.28. The Labute approximate surface area is 92.2 Å². The first-order chi connectivity index (χ1) is 7.81. The highest BCUT2D eigenvalue weighted by atomic mass is 16.3. The molecule has 4 nitrogen and oxygen atoms in total. The molecule has 2 N–H and O–H groups in total. The first kappa shape index (κ1) is 10.2. The van der Waals surface area contributed by atoms with Crippen molar-refractivity contribution in [1.82, 2.24) is 10.3 Å². The van der Waals surface area contributed by atoms with Crippen molar-refractivity contribution in [3.05, 3.63) is 42.2 Å². The minimum Gasteiger partial charge on any atom is -0.506 e. The molecule has 80 valence electrons. The van der Waals surface area contributed by atoms with Crippen LogP contribution in [0.2, 0.25) is 0 Å². The molecule has 2 rings (SSSR count). The molecule has 0 aliphatic rings. The van der Waals surface area contributed by atoms with Gasteiger partial charge >= 0.3 is 0 Å². The number of aromatic nitrogens is 1. The lowest BCUT2D eigenvalue weighted by molar-refractivity contribution is -0.108. The van der Waals surface area contributed by atoms with Crippen LogP contribution in [-0.2, 0) is 4.79 Å². The van der Waals surface area contributed by atoms with Gasteiger partial charge < -0.3 is 10.4 Å². The van der Waals surface area contributed by atoms with Crippen molar-refractivity contribution in [1.29, 1.82) is 0 Å². The molecule has 1 amide bonds. The second kappa shape index (κ2) is 4.44. The fourth-order valence-corrected chi connectivity index (χ4v) is 1.48. The predicted molar refractivity (Wildman–Crippen MR) is 61.6 cm³/mol. The van der Waals surface area contributed by atoms with Crippen LogP contribution >= 0.6 is 0 Å². The zero-order valence-electron chi connectivity index (χ0n) is 8.42. The average molecular weight is 214 g/mol. The van der Waals surface area contributed by atoms with E-state index in [0.717, 1.165) is 16.5 Å². The molecule has 0 radical (unpaired) electrons. The van der Waals surface area contributed by atoms with Crippen LogP contribution in [0.15, 0.2) is 36.7 Å². The zero-order chi connectivity index (χ0) is 11.4. The second-order valence-corrected chi connectivity index (χ2v) is 3.23. The van der Waals surface area contributed by atoms with E-state index in [-0.39, 0.29) is 5.75 Å². The lowest BCUT2D eigenvalue weighted by atomic mass is 10.1. The Balaban J connectivity index is 2.49. The average Bonchev–Trinajstić information content (AvgIpc) is 2.29. The third-order valence-electron chi connectivity index (χ3n) is 2.15. The molecule has 1 aromatic heterocycles. The standard InChI is InChI=1S/C12H10N2O2/c15-8-13-5-4-9-2-1-3-10-6-11(16)7-14-12(9)10/h1-8,16H,(H,13,15). The van der Waals surface area contributed by atoms with E-state index in [1.165, 1.54) is 12.4 Å². The van der Waals surface area contributed by atoms with E-state index >= 15 is 0 Å². The first-order valence-electron chi connectivity index (χ1n) is 4.75. The van der Waals surface area contributed by atoms with Crippen LogP contribution in [0.1, 0.15) is 5.56 Å². The maximum atomic E-state index is 10.1. The van der Waals surface area contributed by atoms with Gasteiger partial charge in [-0.05, 0) is 12.1 Å². The van der Waals surface area contributed by atoms with Crippen LogP contribution < -0.4 is 5.32 Å². The summed E-state index contributed by atoms with van der Waals surface area (Å²) in [5.41, 5.74) is 1.66. The Morgan fingerprint density at radius 1 is 1.38 bits per heavy atom.